The lowest BCUT2D eigenvalue weighted by Gasteiger charge is -2.10. The van der Waals surface area contributed by atoms with Crippen LogP contribution in [0.15, 0.2) is 24.3 Å². The summed E-state index contributed by atoms with van der Waals surface area (Å²) in [5, 5.41) is 0.821. The largest absolute Gasteiger partial charge is 0.456 e. The van der Waals surface area contributed by atoms with Crippen LogP contribution in [0.4, 0.5) is 0 Å². The normalized spacial score (nSPS) is 10.1. The summed E-state index contributed by atoms with van der Waals surface area (Å²) in [6, 6.07) is 8.03. The van der Waals surface area contributed by atoms with Gasteiger partial charge in [0.1, 0.15) is 0 Å². The zero-order valence-corrected chi connectivity index (χ0v) is 12.8. The summed E-state index contributed by atoms with van der Waals surface area (Å²) in [6.07, 6.45) is 0.909. The molecule has 0 aromatic heterocycles. The van der Waals surface area contributed by atoms with Gasteiger partial charge in [-0.3, -0.25) is 9.59 Å². The van der Waals surface area contributed by atoms with E-state index in [9.17, 15) is 9.59 Å². The molecule has 0 unspecified atom stereocenters. The first-order valence-electron chi connectivity index (χ1n) is 6.02. The lowest BCUT2D eigenvalue weighted by atomic mass is 10.1. The highest BCUT2D eigenvalue weighted by Gasteiger charge is 2.09. The number of carbonyl (C=O) groups is 2. The quantitative estimate of drug-likeness (QED) is 0.594. The summed E-state index contributed by atoms with van der Waals surface area (Å²) >= 11 is 3.38. The van der Waals surface area contributed by atoms with E-state index in [1.54, 1.807) is 14.1 Å². The topological polar surface area (TPSA) is 46.6 Å². The molecule has 1 aromatic carbocycles. The van der Waals surface area contributed by atoms with Gasteiger partial charge in [-0.25, -0.2) is 0 Å². The molecule has 5 heteroatoms. The Morgan fingerprint density at radius 1 is 1.16 bits per heavy atom. The van der Waals surface area contributed by atoms with Gasteiger partial charge in [0.2, 0.25) is 0 Å². The van der Waals surface area contributed by atoms with Crippen LogP contribution in [0.2, 0.25) is 0 Å². The summed E-state index contributed by atoms with van der Waals surface area (Å²) in [5.41, 5.74) is 2.28. The lowest BCUT2D eigenvalue weighted by molar-refractivity contribution is -0.151. The Kier molecular flexibility index (Phi) is 6.56. The van der Waals surface area contributed by atoms with Crippen LogP contribution in [0, 0.1) is 0 Å². The average molecular weight is 328 g/mol. The fourth-order valence-electron chi connectivity index (χ4n) is 1.38. The van der Waals surface area contributed by atoms with E-state index in [1.165, 1.54) is 10.5 Å². The van der Waals surface area contributed by atoms with E-state index in [4.69, 9.17) is 4.74 Å². The van der Waals surface area contributed by atoms with Crippen molar-refractivity contribution >= 4 is 27.8 Å². The maximum Gasteiger partial charge on any atom is 0.306 e. The minimum atomic E-state index is -0.347. The van der Waals surface area contributed by atoms with Gasteiger partial charge in [0.25, 0.3) is 5.91 Å². The first-order valence-corrected chi connectivity index (χ1v) is 7.14. The van der Waals surface area contributed by atoms with Crippen molar-refractivity contribution in [3.05, 3.63) is 35.4 Å². The van der Waals surface area contributed by atoms with Crippen molar-refractivity contribution in [3.63, 3.8) is 0 Å². The molecule has 1 rings (SSSR count). The predicted octanol–water partition coefficient (Wildman–Crippen LogP) is 2.15. The number of nitrogens with zero attached hydrogens (tertiary/aromatic N) is 1. The molecule has 1 aromatic rings. The molecule has 0 N–H and O–H groups in total. The van der Waals surface area contributed by atoms with Gasteiger partial charge in [-0.15, -0.1) is 0 Å². The number of carbonyl (C=O) groups excluding carboxylic acids is 2. The summed E-state index contributed by atoms with van der Waals surface area (Å²) < 4.78 is 4.89. The van der Waals surface area contributed by atoms with Gasteiger partial charge < -0.3 is 9.64 Å². The number of likely N-dealkylation sites (N-methyl/N-ethyl adjacent to an activating group) is 1. The molecule has 0 spiro atoms. The standard InChI is InChI=1S/C14H18BrNO3/c1-16(2)13(17)10-19-14(18)8-7-11-3-5-12(9-15)6-4-11/h3-6H,7-10H2,1-2H3. The third-order valence-electron chi connectivity index (χ3n) is 2.65. The molecule has 0 saturated carbocycles. The van der Waals surface area contributed by atoms with Crippen molar-refractivity contribution in [1.82, 2.24) is 4.90 Å². The van der Waals surface area contributed by atoms with Crippen LogP contribution >= 0.6 is 15.9 Å². The van der Waals surface area contributed by atoms with Crippen molar-refractivity contribution in [2.45, 2.75) is 18.2 Å². The minimum absolute atomic E-state index is 0.186. The van der Waals surface area contributed by atoms with Crippen LogP contribution in [0.1, 0.15) is 17.5 Å². The fourth-order valence-corrected chi connectivity index (χ4v) is 1.76. The number of amides is 1. The second-order valence-corrected chi connectivity index (χ2v) is 4.96. The molecule has 0 radical (unpaired) electrons. The average Bonchev–Trinajstić information content (AvgIpc) is 2.42. The molecule has 104 valence electrons. The molecule has 0 fully saturated rings. The van der Waals surface area contributed by atoms with Crippen LogP contribution in [0.3, 0.4) is 0 Å². The highest BCUT2D eigenvalue weighted by atomic mass is 79.9. The molecule has 0 aliphatic heterocycles. The van der Waals surface area contributed by atoms with Gasteiger partial charge in [-0.1, -0.05) is 40.2 Å². The van der Waals surface area contributed by atoms with Gasteiger partial charge in [0.15, 0.2) is 6.61 Å². The molecular weight excluding hydrogens is 310 g/mol. The van der Waals surface area contributed by atoms with Crippen LogP contribution in [0.5, 0.6) is 0 Å². The third kappa shape index (κ3) is 5.87. The summed E-state index contributed by atoms with van der Waals surface area (Å²) in [5.74, 6) is -0.560. The number of esters is 1. The minimum Gasteiger partial charge on any atom is -0.456 e. The number of halogens is 1. The molecule has 0 atom stereocenters. The van der Waals surface area contributed by atoms with Gasteiger partial charge in [0, 0.05) is 25.8 Å². The van der Waals surface area contributed by atoms with Crippen molar-refractivity contribution in [3.8, 4) is 0 Å². The van der Waals surface area contributed by atoms with Crippen LogP contribution in [0.25, 0.3) is 0 Å². The molecule has 19 heavy (non-hydrogen) atoms. The SMILES string of the molecule is CN(C)C(=O)COC(=O)CCc1ccc(CBr)cc1. The van der Waals surface area contributed by atoms with Crippen LogP contribution in [-0.4, -0.2) is 37.5 Å². The lowest BCUT2D eigenvalue weighted by Crippen LogP contribution is -2.27. The van der Waals surface area contributed by atoms with Crippen molar-refractivity contribution in [1.29, 1.82) is 0 Å². The van der Waals surface area contributed by atoms with E-state index in [-0.39, 0.29) is 24.9 Å². The zero-order chi connectivity index (χ0) is 14.3. The first kappa shape index (κ1) is 15.7. The predicted molar refractivity (Wildman–Crippen MR) is 77.0 cm³/mol. The van der Waals surface area contributed by atoms with Gasteiger partial charge in [0.05, 0.1) is 0 Å². The summed E-state index contributed by atoms with van der Waals surface area (Å²) in [4.78, 5) is 24.1. The molecule has 1 amide bonds. The Bertz CT molecular complexity index is 429. The second-order valence-electron chi connectivity index (χ2n) is 4.40. The van der Waals surface area contributed by atoms with Crippen molar-refractivity contribution in [2.75, 3.05) is 20.7 Å². The number of aryl methyl sites for hydroxylation is 1. The van der Waals surface area contributed by atoms with Crippen LogP contribution in [-0.2, 0) is 26.1 Å². The van der Waals surface area contributed by atoms with Gasteiger partial charge >= 0.3 is 5.97 Å². The Balaban J connectivity index is 2.31. The summed E-state index contributed by atoms with van der Waals surface area (Å²) in [6.45, 7) is -0.186. The molecule has 4 nitrogen and oxygen atoms in total. The third-order valence-corrected chi connectivity index (χ3v) is 3.30. The number of alkyl halides is 1. The van der Waals surface area contributed by atoms with Gasteiger partial charge in [-0.05, 0) is 17.5 Å². The molecule has 0 heterocycles. The van der Waals surface area contributed by atoms with E-state index in [0.717, 1.165) is 10.9 Å². The smallest absolute Gasteiger partial charge is 0.306 e. The molecule has 0 aliphatic rings. The number of benzene rings is 1. The van der Waals surface area contributed by atoms with E-state index in [2.05, 4.69) is 15.9 Å². The number of hydrogen-bond donors (Lipinski definition) is 0. The van der Waals surface area contributed by atoms with E-state index < -0.39 is 0 Å². The van der Waals surface area contributed by atoms with Gasteiger partial charge in [-0.2, -0.15) is 0 Å². The number of ether oxygens (including phenoxy) is 1. The van der Waals surface area contributed by atoms with Crippen molar-refractivity contribution in [2.24, 2.45) is 0 Å². The first-order chi connectivity index (χ1) is 9.02. The molecule has 0 saturated heterocycles. The monoisotopic (exact) mass is 327 g/mol. The molecule has 0 bridgehead atoms. The fraction of sp³-hybridized carbons (Fsp3) is 0.429. The highest BCUT2D eigenvalue weighted by molar-refractivity contribution is 9.08. The van der Waals surface area contributed by atoms with E-state index in [0.29, 0.717) is 6.42 Å². The maximum atomic E-state index is 11.5. The van der Waals surface area contributed by atoms with E-state index >= 15 is 0 Å². The highest BCUT2D eigenvalue weighted by Crippen LogP contribution is 2.09. The molecular formula is C14H18BrNO3. The van der Waals surface area contributed by atoms with E-state index in [1.807, 2.05) is 24.3 Å². The second kappa shape index (κ2) is 7.94. The van der Waals surface area contributed by atoms with Crippen molar-refractivity contribution < 1.29 is 14.3 Å². The maximum absolute atomic E-state index is 11.5. The Hall–Kier alpha value is -1.36. The number of hydrogen-bond acceptors (Lipinski definition) is 3. The Labute approximate surface area is 121 Å². The Morgan fingerprint density at radius 2 is 1.74 bits per heavy atom. The zero-order valence-electron chi connectivity index (χ0n) is 11.2. The number of rotatable bonds is 6. The summed E-state index contributed by atoms with van der Waals surface area (Å²) in [7, 11) is 3.25. The Morgan fingerprint density at radius 3 is 2.26 bits per heavy atom. The van der Waals surface area contributed by atoms with Crippen LogP contribution < -0.4 is 0 Å². The molecule has 0 aliphatic carbocycles.